The first-order valence-electron chi connectivity index (χ1n) is 4.11. The Balaban J connectivity index is 0.00000169. The Hall–Kier alpha value is -0.930. The fourth-order valence-electron chi connectivity index (χ4n) is 1.16. The lowest BCUT2D eigenvalue weighted by Gasteiger charge is -2.11. The maximum atomic E-state index is 13.1. The second-order valence-electron chi connectivity index (χ2n) is 3.15. The van der Waals surface area contributed by atoms with Gasteiger partial charge in [-0.15, -0.1) is 19.0 Å². The summed E-state index contributed by atoms with van der Waals surface area (Å²) in [6, 6.07) is 2.98. The highest BCUT2D eigenvalue weighted by atomic mass is 35.5. The Morgan fingerprint density at radius 1 is 1.71 bits per heavy atom. The molecule has 1 aromatic rings. The fraction of sp³-hybridized carbons (Fsp3) is 0.300. The van der Waals surface area contributed by atoms with E-state index in [0.29, 0.717) is 12.0 Å². The van der Waals surface area contributed by atoms with E-state index < -0.39 is 5.95 Å². The van der Waals surface area contributed by atoms with Gasteiger partial charge < -0.3 is 5.73 Å². The van der Waals surface area contributed by atoms with Gasteiger partial charge in [-0.05, 0) is 19.4 Å². The van der Waals surface area contributed by atoms with Crippen molar-refractivity contribution < 1.29 is 4.39 Å². The minimum atomic E-state index is -0.490. The number of aromatic nitrogens is 1. The van der Waals surface area contributed by atoms with Crippen LogP contribution in [0.4, 0.5) is 4.39 Å². The third-order valence-electron chi connectivity index (χ3n) is 1.76. The Bertz CT molecular complexity index is 315. The van der Waals surface area contributed by atoms with Crippen molar-refractivity contribution in [2.75, 3.05) is 0 Å². The third-order valence-corrected chi connectivity index (χ3v) is 1.76. The van der Waals surface area contributed by atoms with Gasteiger partial charge in [0.2, 0.25) is 5.95 Å². The zero-order valence-electron chi connectivity index (χ0n) is 8.03. The SMILES string of the molecule is C=C(C)C[C@@H](N)c1cccnc1F.Cl. The molecule has 2 N–H and O–H groups in total. The fourth-order valence-corrected chi connectivity index (χ4v) is 1.16. The topological polar surface area (TPSA) is 38.9 Å². The van der Waals surface area contributed by atoms with Crippen molar-refractivity contribution in [3.05, 3.63) is 42.0 Å². The van der Waals surface area contributed by atoms with Crippen molar-refractivity contribution in [2.24, 2.45) is 5.73 Å². The number of nitrogens with zero attached hydrogens (tertiary/aromatic N) is 1. The van der Waals surface area contributed by atoms with Gasteiger partial charge >= 0.3 is 0 Å². The summed E-state index contributed by atoms with van der Waals surface area (Å²) in [5.74, 6) is -0.490. The van der Waals surface area contributed by atoms with Crippen molar-refractivity contribution in [3.8, 4) is 0 Å². The molecule has 0 aliphatic carbocycles. The average molecular weight is 217 g/mol. The van der Waals surface area contributed by atoms with Crippen LogP contribution in [0.2, 0.25) is 0 Å². The normalized spacial score (nSPS) is 11.6. The van der Waals surface area contributed by atoms with E-state index in [0.717, 1.165) is 5.57 Å². The van der Waals surface area contributed by atoms with E-state index in [9.17, 15) is 4.39 Å². The van der Waals surface area contributed by atoms with Crippen LogP contribution >= 0.6 is 12.4 Å². The van der Waals surface area contributed by atoms with Crippen LogP contribution in [0.3, 0.4) is 0 Å². The number of hydrogen-bond donors (Lipinski definition) is 1. The summed E-state index contributed by atoms with van der Waals surface area (Å²) in [6.07, 6.45) is 1.99. The maximum absolute atomic E-state index is 13.1. The molecule has 0 saturated heterocycles. The Labute approximate surface area is 89.4 Å². The lowest BCUT2D eigenvalue weighted by molar-refractivity contribution is 0.543. The Kier molecular flexibility index (Phi) is 5.35. The molecule has 1 heterocycles. The molecule has 0 unspecified atom stereocenters. The van der Waals surface area contributed by atoms with Crippen LogP contribution in [0.1, 0.15) is 24.9 Å². The van der Waals surface area contributed by atoms with E-state index in [1.807, 2.05) is 6.92 Å². The predicted molar refractivity (Wildman–Crippen MR) is 57.8 cm³/mol. The highest BCUT2D eigenvalue weighted by Crippen LogP contribution is 2.18. The Morgan fingerprint density at radius 3 is 2.86 bits per heavy atom. The lowest BCUT2D eigenvalue weighted by Crippen LogP contribution is -2.12. The molecule has 0 aliphatic heterocycles. The highest BCUT2D eigenvalue weighted by Gasteiger charge is 2.11. The van der Waals surface area contributed by atoms with E-state index in [4.69, 9.17) is 5.73 Å². The van der Waals surface area contributed by atoms with Crippen LogP contribution in [0.5, 0.6) is 0 Å². The van der Waals surface area contributed by atoms with Crippen molar-refractivity contribution in [1.29, 1.82) is 0 Å². The van der Waals surface area contributed by atoms with Gasteiger partial charge in [-0.1, -0.05) is 11.6 Å². The molecule has 1 atom stereocenters. The van der Waals surface area contributed by atoms with Crippen LogP contribution < -0.4 is 5.73 Å². The number of rotatable bonds is 3. The standard InChI is InChI=1S/C10H13FN2.ClH/c1-7(2)6-9(12)8-4-3-5-13-10(8)11;/h3-5,9H,1,6,12H2,2H3;1H/t9-;/m1./s1. The van der Waals surface area contributed by atoms with Crippen LogP contribution in [0.15, 0.2) is 30.5 Å². The molecular weight excluding hydrogens is 203 g/mol. The summed E-state index contributed by atoms with van der Waals surface area (Å²) < 4.78 is 13.1. The molecule has 0 aliphatic rings. The van der Waals surface area contributed by atoms with Gasteiger partial charge in [-0.2, -0.15) is 4.39 Å². The second-order valence-corrected chi connectivity index (χ2v) is 3.15. The summed E-state index contributed by atoms with van der Waals surface area (Å²) in [5.41, 5.74) is 7.15. The van der Waals surface area contributed by atoms with Crippen LogP contribution in [-0.2, 0) is 0 Å². The van der Waals surface area contributed by atoms with E-state index >= 15 is 0 Å². The van der Waals surface area contributed by atoms with E-state index in [1.54, 1.807) is 12.1 Å². The van der Waals surface area contributed by atoms with Gasteiger partial charge in [0.05, 0.1) is 0 Å². The summed E-state index contributed by atoms with van der Waals surface area (Å²) in [5, 5.41) is 0. The first kappa shape index (κ1) is 13.1. The first-order valence-corrected chi connectivity index (χ1v) is 4.11. The monoisotopic (exact) mass is 216 g/mol. The number of halogens is 2. The van der Waals surface area contributed by atoms with Crippen molar-refractivity contribution >= 4 is 12.4 Å². The number of hydrogen-bond acceptors (Lipinski definition) is 2. The summed E-state index contributed by atoms with van der Waals surface area (Å²) in [4.78, 5) is 3.53. The largest absolute Gasteiger partial charge is 0.324 e. The molecule has 78 valence electrons. The molecule has 14 heavy (non-hydrogen) atoms. The van der Waals surface area contributed by atoms with Crippen LogP contribution in [0, 0.1) is 5.95 Å². The Morgan fingerprint density at radius 2 is 2.36 bits per heavy atom. The first-order chi connectivity index (χ1) is 6.11. The van der Waals surface area contributed by atoms with Crippen LogP contribution in [-0.4, -0.2) is 4.98 Å². The van der Waals surface area contributed by atoms with Crippen molar-refractivity contribution in [3.63, 3.8) is 0 Å². The van der Waals surface area contributed by atoms with Gasteiger partial charge in [-0.25, -0.2) is 4.98 Å². The molecule has 0 bridgehead atoms. The second kappa shape index (κ2) is 5.73. The molecule has 0 amide bonds. The van der Waals surface area contributed by atoms with E-state index in [1.165, 1.54) is 6.20 Å². The maximum Gasteiger partial charge on any atom is 0.217 e. The predicted octanol–water partition coefficient (Wildman–Crippen LogP) is 2.61. The molecule has 1 aromatic heterocycles. The number of pyridine rings is 1. The number of nitrogens with two attached hydrogens (primary N) is 1. The zero-order chi connectivity index (χ0) is 9.84. The van der Waals surface area contributed by atoms with Gasteiger partial charge in [0, 0.05) is 17.8 Å². The molecule has 0 spiro atoms. The lowest BCUT2D eigenvalue weighted by atomic mass is 10.0. The summed E-state index contributed by atoms with van der Waals surface area (Å²) >= 11 is 0. The molecule has 0 aromatic carbocycles. The van der Waals surface area contributed by atoms with Gasteiger partial charge in [0.25, 0.3) is 0 Å². The summed E-state index contributed by atoms with van der Waals surface area (Å²) in [6.45, 7) is 5.60. The molecule has 2 nitrogen and oxygen atoms in total. The van der Waals surface area contributed by atoms with E-state index in [-0.39, 0.29) is 18.4 Å². The smallest absolute Gasteiger partial charge is 0.217 e. The molecule has 0 radical (unpaired) electrons. The minimum Gasteiger partial charge on any atom is -0.324 e. The zero-order valence-corrected chi connectivity index (χ0v) is 8.85. The van der Waals surface area contributed by atoms with Crippen LogP contribution in [0.25, 0.3) is 0 Å². The molecular formula is C10H14ClFN2. The average Bonchev–Trinajstić information content (AvgIpc) is 2.03. The third kappa shape index (κ3) is 3.44. The summed E-state index contributed by atoms with van der Waals surface area (Å²) in [7, 11) is 0. The van der Waals surface area contributed by atoms with E-state index in [2.05, 4.69) is 11.6 Å². The van der Waals surface area contributed by atoms with Gasteiger partial charge in [-0.3, -0.25) is 0 Å². The molecule has 0 saturated carbocycles. The molecule has 1 rings (SSSR count). The molecule has 4 heteroatoms. The van der Waals surface area contributed by atoms with Gasteiger partial charge in [0.15, 0.2) is 0 Å². The van der Waals surface area contributed by atoms with Crippen molar-refractivity contribution in [2.45, 2.75) is 19.4 Å². The van der Waals surface area contributed by atoms with Crippen molar-refractivity contribution in [1.82, 2.24) is 4.98 Å². The quantitative estimate of drug-likeness (QED) is 0.623. The molecule has 0 fully saturated rings. The minimum absolute atomic E-state index is 0. The van der Waals surface area contributed by atoms with Gasteiger partial charge in [0.1, 0.15) is 0 Å². The highest BCUT2D eigenvalue weighted by molar-refractivity contribution is 5.85.